The summed E-state index contributed by atoms with van der Waals surface area (Å²) in [5.41, 5.74) is 1.46. The molecule has 8 heteroatoms. The fourth-order valence-electron chi connectivity index (χ4n) is 2.74. The maximum absolute atomic E-state index is 13.4. The van der Waals surface area contributed by atoms with Gasteiger partial charge in [0.05, 0.1) is 17.2 Å². The zero-order valence-electron chi connectivity index (χ0n) is 12.7. The highest BCUT2D eigenvalue weighted by Crippen LogP contribution is 2.35. The predicted octanol–water partition coefficient (Wildman–Crippen LogP) is 2.85. The summed E-state index contributed by atoms with van der Waals surface area (Å²) in [6.07, 6.45) is -0.650. The van der Waals surface area contributed by atoms with Crippen molar-refractivity contribution in [3.8, 4) is 0 Å². The van der Waals surface area contributed by atoms with Crippen LogP contribution >= 0.6 is 23.2 Å². The first-order valence-electron chi connectivity index (χ1n) is 7.39. The van der Waals surface area contributed by atoms with Gasteiger partial charge in [0.1, 0.15) is 5.82 Å². The number of nitrogens with one attached hydrogen (secondary N) is 2. The molecule has 2 atom stereocenters. The number of anilines is 1. The van der Waals surface area contributed by atoms with Crippen LogP contribution in [0.2, 0.25) is 10.0 Å². The summed E-state index contributed by atoms with van der Waals surface area (Å²) >= 11 is 11.6. The summed E-state index contributed by atoms with van der Waals surface area (Å²) in [5, 5.41) is 15.4. The minimum atomic E-state index is -0.976. The third-order valence-corrected chi connectivity index (χ3v) is 4.64. The normalized spacial score (nSPS) is 18.6. The number of amides is 2. The van der Waals surface area contributed by atoms with Crippen molar-refractivity contribution < 1.29 is 19.1 Å². The number of carbonyl (C=O) groups is 2. The Bertz CT molecular complexity index is 860. The molecular weight excluding hydrogens is 370 g/mol. The molecule has 3 N–H and O–H groups in total. The van der Waals surface area contributed by atoms with Crippen molar-refractivity contribution in [2.24, 2.45) is 0 Å². The van der Waals surface area contributed by atoms with Crippen molar-refractivity contribution in [1.29, 1.82) is 0 Å². The van der Waals surface area contributed by atoms with Crippen molar-refractivity contribution in [3.05, 3.63) is 63.4 Å². The van der Waals surface area contributed by atoms with Crippen LogP contribution in [0.4, 0.5) is 10.1 Å². The van der Waals surface area contributed by atoms with E-state index in [4.69, 9.17) is 23.2 Å². The first-order chi connectivity index (χ1) is 11.9. The van der Waals surface area contributed by atoms with Crippen molar-refractivity contribution >= 4 is 40.7 Å². The molecule has 2 aromatic carbocycles. The summed E-state index contributed by atoms with van der Waals surface area (Å²) in [4.78, 5) is 24.0. The third kappa shape index (κ3) is 3.61. The van der Waals surface area contributed by atoms with Gasteiger partial charge in [-0.2, -0.15) is 0 Å². The van der Waals surface area contributed by atoms with Crippen LogP contribution in [0.5, 0.6) is 0 Å². The van der Waals surface area contributed by atoms with Gasteiger partial charge in [0.25, 0.3) is 0 Å². The van der Waals surface area contributed by atoms with E-state index >= 15 is 0 Å². The standard InChI is InChI=1S/C17H13Cl2FN2O3/c18-11-3-1-2-9-10(11)7-14(15(9)23)22-17(25)16(24)21-8-4-5-12(19)13(20)6-8/h1-6,14-15,23H,7H2,(H,21,24)(H,22,25). The smallest absolute Gasteiger partial charge is 0.313 e. The SMILES string of the molecule is O=C(Nc1ccc(Cl)c(F)c1)C(=O)NC1Cc2c(Cl)cccc2C1O. The maximum atomic E-state index is 13.4. The predicted molar refractivity (Wildman–Crippen MR) is 92.1 cm³/mol. The Labute approximate surface area is 152 Å². The average molecular weight is 383 g/mol. The monoisotopic (exact) mass is 382 g/mol. The molecule has 0 saturated heterocycles. The molecule has 0 aromatic heterocycles. The highest BCUT2D eigenvalue weighted by atomic mass is 35.5. The molecule has 2 unspecified atom stereocenters. The van der Waals surface area contributed by atoms with E-state index in [-0.39, 0.29) is 10.7 Å². The van der Waals surface area contributed by atoms with Crippen LogP contribution in [-0.2, 0) is 16.0 Å². The van der Waals surface area contributed by atoms with Crippen molar-refractivity contribution in [2.75, 3.05) is 5.32 Å². The molecule has 0 radical (unpaired) electrons. The largest absolute Gasteiger partial charge is 0.386 e. The molecule has 2 amide bonds. The minimum absolute atomic E-state index is 0.0915. The molecule has 0 aliphatic heterocycles. The number of aliphatic hydroxyl groups is 1. The Hall–Kier alpha value is -2.15. The summed E-state index contributed by atoms with van der Waals surface area (Å²) in [6, 6.07) is 8.09. The van der Waals surface area contributed by atoms with Gasteiger partial charge < -0.3 is 15.7 Å². The molecule has 25 heavy (non-hydrogen) atoms. The maximum Gasteiger partial charge on any atom is 0.313 e. The number of fused-ring (bicyclic) bond motifs is 1. The quantitative estimate of drug-likeness (QED) is 0.698. The van der Waals surface area contributed by atoms with E-state index in [0.717, 1.165) is 11.6 Å². The van der Waals surface area contributed by atoms with Crippen LogP contribution < -0.4 is 10.6 Å². The zero-order chi connectivity index (χ0) is 18.1. The number of aliphatic hydroxyl groups excluding tert-OH is 1. The molecule has 5 nitrogen and oxygen atoms in total. The summed E-state index contributed by atoms with van der Waals surface area (Å²) < 4.78 is 13.4. The van der Waals surface area contributed by atoms with Gasteiger partial charge in [-0.15, -0.1) is 0 Å². The van der Waals surface area contributed by atoms with Crippen molar-refractivity contribution in [1.82, 2.24) is 5.32 Å². The molecule has 0 heterocycles. The molecule has 1 aliphatic carbocycles. The number of halogens is 3. The Morgan fingerprint density at radius 1 is 1.12 bits per heavy atom. The lowest BCUT2D eigenvalue weighted by molar-refractivity contribution is -0.137. The van der Waals surface area contributed by atoms with E-state index in [0.29, 0.717) is 17.0 Å². The third-order valence-electron chi connectivity index (χ3n) is 3.98. The second-order valence-corrected chi connectivity index (χ2v) is 6.43. The van der Waals surface area contributed by atoms with E-state index in [9.17, 15) is 19.1 Å². The van der Waals surface area contributed by atoms with Gasteiger partial charge in [-0.1, -0.05) is 35.3 Å². The number of hydrogen-bond donors (Lipinski definition) is 3. The highest BCUT2D eigenvalue weighted by molar-refractivity contribution is 6.39. The number of carbonyl (C=O) groups excluding carboxylic acids is 2. The second-order valence-electron chi connectivity index (χ2n) is 5.62. The first kappa shape index (κ1) is 17.7. The Morgan fingerprint density at radius 3 is 2.56 bits per heavy atom. The number of rotatable bonds is 2. The molecule has 0 fully saturated rings. The molecule has 130 valence electrons. The summed E-state index contributed by atoms with van der Waals surface area (Å²) in [5.74, 6) is -2.63. The fraction of sp³-hybridized carbons (Fsp3) is 0.176. The van der Waals surface area contributed by atoms with E-state index < -0.39 is 29.8 Å². The van der Waals surface area contributed by atoms with Gasteiger partial charge in [0, 0.05) is 10.7 Å². The molecule has 0 bridgehead atoms. The average Bonchev–Trinajstić information content (AvgIpc) is 2.89. The molecular formula is C17H13Cl2FN2O3. The Morgan fingerprint density at radius 2 is 1.88 bits per heavy atom. The van der Waals surface area contributed by atoms with Crippen LogP contribution in [-0.4, -0.2) is 23.0 Å². The van der Waals surface area contributed by atoms with Crippen LogP contribution in [0.3, 0.4) is 0 Å². The zero-order valence-corrected chi connectivity index (χ0v) is 14.2. The van der Waals surface area contributed by atoms with Gasteiger partial charge >= 0.3 is 11.8 Å². The lowest BCUT2D eigenvalue weighted by Crippen LogP contribution is -2.43. The van der Waals surface area contributed by atoms with Crippen molar-refractivity contribution in [3.63, 3.8) is 0 Å². The van der Waals surface area contributed by atoms with E-state index in [1.165, 1.54) is 12.1 Å². The summed E-state index contributed by atoms with van der Waals surface area (Å²) in [7, 11) is 0. The number of hydrogen-bond acceptors (Lipinski definition) is 3. The Balaban J connectivity index is 1.65. The van der Waals surface area contributed by atoms with Crippen LogP contribution in [0.25, 0.3) is 0 Å². The van der Waals surface area contributed by atoms with E-state index in [1.807, 2.05) is 0 Å². The second kappa shape index (κ2) is 7.00. The fourth-order valence-corrected chi connectivity index (χ4v) is 3.12. The number of benzene rings is 2. The van der Waals surface area contributed by atoms with Gasteiger partial charge in [-0.3, -0.25) is 9.59 Å². The highest BCUT2D eigenvalue weighted by Gasteiger charge is 2.34. The first-order valence-corrected chi connectivity index (χ1v) is 8.14. The van der Waals surface area contributed by atoms with E-state index in [2.05, 4.69) is 10.6 Å². The van der Waals surface area contributed by atoms with Gasteiger partial charge in [0.15, 0.2) is 0 Å². The van der Waals surface area contributed by atoms with Crippen LogP contribution in [0.15, 0.2) is 36.4 Å². The topological polar surface area (TPSA) is 78.4 Å². The van der Waals surface area contributed by atoms with Crippen LogP contribution in [0, 0.1) is 5.82 Å². The molecule has 0 saturated carbocycles. The Kier molecular flexibility index (Phi) is 4.94. The molecule has 1 aliphatic rings. The lowest BCUT2D eigenvalue weighted by Gasteiger charge is -2.16. The lowest BCUT2D eigenvalue weighted by atomic mass is 10.1. The van der Waals surface area contributed by atoms with Gasteiger partial charge in [-0.05, 0) is 41.8 Å². The molecule has 0 spiro atoms. The van der Waals surface area contributed by atoms with Gasteiger partial charge in [-0.25, -0.2) is 4.39 Å². The van der Waals surface area contributed by atoms with E-state index in [1.54, 1.807) is 18.2 Å². The van der Waals surface area contributed by atoms with Crippen LogP contribution in [0.1, 0.15) is 17.2 Å². The van der Waals surface area contributed by atoms with Crippen molar-refractivity contribution in [2.45, 2.75) is 18.6 Å². The molecule has 3 rings (SSSR count). The summed E-state index contributed by atoms with van der Waals surface area (Å²) in [6.45, 7) is 0. The van der Waals surface area contributed by atoms with Gasteiger partial charge in [0.2, 0.25) is 0 Å². The molecule has 2 aromatic rings. The minimum Gasteiger partial charge on any atom is -0.386 e.